The van der Waals surface area contributed by atoms with E-state index in [0.717, 1.165) is 29.9 Å². The molecule has 1 saturated carbocycles. The van der Waals surface area contributed by atoms with Gasteiger partial charge in [0.25, 0.3) is 0 Å². The van der Waals surface area contributed by atoms with Crippen molar-refractivity contribution in [2.45, 2.75) is 37.8 Å². The van der Waals surface area contributed by atoms with Crippen LogP contribution in [0.3, 0.4) is 0 Å². The Labute approximate surface area is 114 Å². The van der Waals surface area contributed by atoms with E-state index < -0.39 is 5.54 Å². The number of methoxy groups -OCH3 is 1. The van der Waals surface area contributed by atoms with Crippen LogP contribution >= 0.6 is 0 Å². The van der Waals surface area contributed by atoms with Crippen molar-refractivity contribution in [1.82, 2.24) is 5.32 Å². The predicted molar refractivity (Wildman–Crippen MR) is 73.4 cm³/mol. The minimum Gasteiger partial charge on any atom is -0.493 e. The molecule has 19 heavy (non-hydrogen) atoms. The summed E-state index contributed by atoms with van der Waals surface area (Å²) in [7, 11) is 3.47. The first-order valence-corrected chi connectivity index (χ1v) is 6.54. The molecule has 0 amide bonds. The average molecular weight is 260 g/mol. The number of nitriles is 1. The van der Waals surface area contributed by atoms with Gasteiger partial charge in [-0.25, -0.2) is 0 Å². The zero-order chi connectivity index (χ0) is 13.9. The van der Waals surface area contributed by atoms with Gasteiger partial charge in [-0.3, -0.25) is 0 Å². The van der Waals surface area contributed by atoms with Crippen LogP contribution in [0.4, 0.5) is 0 Å². The van der Waals surface area contributed by atoms with Crippen LogP contribution in [0, 0.1) is 18.3 Å². The molecule has 1 aliphatic carbocycles. The maximum atomic E-state index is 9.24. The van der Waals surface area contributed by atoms with E-state index in [1.54, 1.807) is 7.11 Å². The van der Waals surface area contributed by atoms with Crippen LogP contribution in [-0.4, -0.2) is 25.8 Å². The standard InChI is InChI=1S/C15H20N2O2/c1-11-4-5-13(14(8-11)18-3)19-12-6-7-15(9-12,10-16)17-2/h4-5,8,12,17H,6-7,9H2,1-3H3. The van der Waals surface area contributed by atoms with E-state index in [2.05, 4.69) is 11.4 Å². The molecule has 1 aromatic rings. The molecule has 4 heteroatoms. The Balaban J connectivity index is 2.09. The minimum absolute atomic E-state index is 0.0590. The van der Waals surface area contributed by atoms with Gasteiger partial charge in [0.1, 0.15) is 11.6 Å². The second kappa shape index (κ2) is 5.50. The molecule has 0 saturated heterocycles. The quantitative estimate of drug-likeness (QED) is 0.903. The Morgan fingerprint density at radius 3 is 2.79 bits per heavy atom. The largest absolute Gasteiger partial charge is 0.493 e. The molecule has 2 unspecified atom stereocenters. The molecule has 4 nitrogen and oxygen atoms in total. The lowest BCUT2D eigenvalue weighted by molar-refractivity contribution is 0.193. The lowest BCUT2D eigenvalue weighted by Gasteiger charge is -2.20. The average Bonchev–Trinajstić information content (AvgIpc) is 2.85. The van der Waals surface area contributed by atoms with Crippen molar-refractivity contribution in [2.24, 2.45) is 0 Å². The molecule has 1 fully saturated rings. The molecule has 0 heterocycles. The Morgan fingerprint density at radius 1 is 1.42 bits per heavy atom. The minimum atomic E-state index is -0.442. The molecule has 0 aliphatic heterocycles. The van der Waals surface area contributed by atoms with Gasteiger partial charge in [0, 0.05) is 6.42 Å². The Morgan fingerprint density at radius 2 is 2.21 bits per heavy atom. The van der Waals surface area contributed by atoms with Gasteiger partial charge in [0.15, 0.2) is 11.5 Å². The summed E-state index contributed by atoms with van der Waals surface area (Å²) in [5.74, 6) is 1.50. The molecule has 0 spiro atoms. The summed E-state index contributed by atoms with van der Waals surface area (Å²) in [5, 5.41) is 12.4. The van der Waals surface area contributed by atoms with Gasteiger partial charge in [0.2, 0.25) is 0 Å². The third-order valence-corrected chi connectivity index (χ3v) is 3.77. The van der Waals surface area contributed by atoms with Crippen LogP contribution in [0.1, 0.15) is 24.8 Å². The molecule has 2 atom stereocenters. The number of rotatable bonds is 4. The third-order valence-electron chi connectivity index (χ3n) is 3.77. The number of hydrogen-bond donors (Lipinski definition) is 1. The van der Waals surface area contributed by atoms with Gasteiger partial charge < -0.3 is 14.8 Å². The number of aryl methyl sites for hydroxylation is 1. The molecule has 0 bridgehead atoms. The fraction of sp³-hybridized carbons (Fsp3) is 0.533. The van der Waals surface area contributed by atoms with Crippen LogP contribution in [0.2, 0.25) is 0 Å². The van der Waals surface area contributed by atoms with Crippen molar-refractivity contribution in [3.05, 3.63) is 23.8 Å². The summed E-state index contributed by atoms with van der Waals surface area (Å²) in [6.45, 7) is 2.02. The monoisotopic (exact) mass is 260 g/mol. The van der Waals surface area contributed by atoms with E-state index in [4.69, 9.17) is 9.47 Å². The van der Waals surface area contributed by atoms with Crippen molar-refractivity contribution in [2.75, 3.05) is 14.2 Å². The van der Waals surface area contributed by atoms with E-state index in [9.17, 15) is 5.26 Å². The van der Waals surface area contributed by atoms with E-state index in [0.29, 0.717) is 6.42 Å². The van der Waals surface area contributed by atoms with Crippen molar-refractivity contribution >= 4 is 0 Å². The molecular formula is C15H20N2O2. The van der Waals surface area contributed by atoms with Gasteiger partial charge in [-0.15, -0.1) is 0 Å². The van der Waals surface area contributed by atoms with Crippen LogP contribution in [0.15, 0.2) is 18.2 Å². The lowest BCUT2D eigenvalue weighted by atomic mass is 10.0. The molecule has 1 N–H and O–H groups in total. The molecule has 2 rings (SSSR count). The van der Waals surface area contributed by atoms with Gasteiger partial charge in [-0.05, 0) is 44.5 Å². The number of benzene rings is 1. The van der Waals surface area contributed by atoms with E-state index in [1.165, 1.54) is 0 Å². The first-order valence-electron chi connectivity index (χ1n) is 6.54. The zero-order valence-electron chi connectivity index (χ0n) is 11.7. The summed E-state index contributed by atoms with van der Waals surface area (Å²) in [6, 6.07) is 8.25. The highest BCUT2D eigenvalue weighted by molar-refractivity contribution is 5.42. The highest BCUT2D eigenvalue weighted by Crippen LogP contribution is 2.35. The Kier molecular flexibility index (Phi) is 3.96. The number of hydrogen-bond acceptors (Lipinski definition) is 4. The predicted octanol–water partition coefficient (Wildman–Crippen LogP) is 2.42. The SMILES string of the molecule is CNC1(C#N)CCC(Oc2ccc(C)cc2OC)C1. The number of nitrogens with one attached hydrogen (secondary N) is 1. The second-order valence-corrected chi connectivity index (χ2v) is 5.08. The van der Waals surface area contributed by atoms with Crippen LogP contribution in [-0.2, 0) is 0 Å². The summed E-state index contributed by atoms with van der Waals surface area (Å²) in [5.41, 5.74) is 0.694. The molecule has 1 aliphatic rings. The molecule has 1 aromatic carbocycles. The van der Waals surface area contributed by atoms with E-state index >= 15 is 0 Å². The second-order valence-electron chi connectivity index (χ2n) is 5.08. The molecule has 0 aromatic heterocycles. The van der Waals surface area contributed by atoms with Crippen molar-refractivity contribution in [3.63, 3.8) is 0 Å². The highest BCUT2D eigenvalue weighted by atomic mass is 16.5. The molecule has 102 valence electrons. The third kappa shape index (κ3) is 2.82. The van der Waals surface area contributed by atoms with Gasteiger partial charge in [0.05, 0.1) is 13.2 Å². The summed E-state index contributed by atoms with van der Waals surface area (Å²) in [4.78, 5) is 0. The molecular weight excluding hydrogens is 240 g/mol. The fourth-order valence-corrected chi connectivity index (χ4v) is 2.54. The van der Waals surface area contributed by atoms with Crippen LogP contribution in [0.25, 0.3) is 0 Å². The first-order chi connectivity index (χ1) is 9.12. The Bertz CT molecular complexity index is 495. The van der Waals surface area contributed by atoms with Gasteiger partial charge >= 0.3 is 0 Å². The maximum absolute atomic E-state index is 9.24. The van der Waals surface area contributed by atoms with Gasteiger partial charge in [-0.1, -0.05) is 6.07 Å². The summed E-state index contributed by atoms with van der Waals surface area (Å²) in [6.07, 6.45) is 2.46. The van der Waals surface area contributed by atoms with Gasteiger partial charge in [-0.2, -0.15) is 5.26 Å². The van der Waals surface area contributed by atoms with Crippen LogP contribution in [0.5, 0.6) is 11.5 Å². The normalized spacial score (nSPS) is 25.9. The smallest absolute Gasteiger partial charge is 0.161 e. The number of nitrogens with zero attached hydrogens (tertiary/aromatic N) is 1. The van der Waals surface area contributed by atoms with Crippen LogP contribution < -0.4 is 14.8 Å². The maximum Gasteiger partial charge on any atom is 0.161 e. The summed E-state index contributed by atoms with van der Waals surface area (Å²) < 4.78 is 11.3. The van der Waals surface area contributed by atoms with Crippen molar-refractivity contribution in [3.8, 4) is 17.6 Å². The Hall–Kier alpha value is -1.73. The fourth-order valence-electron chi connectivity index (χ4n) is 2.54. The highest BCUT2D eigenvalue weighted by Gasteiger charge is 2.39. The van der Waals surface area contributed by atoms with Crippen molar-refractivity contribution in [1.29, 1.82) is 5.26 Å². The first kappa shape index (κ1) is 13.7. The lowest BCUT2D eigenvalue weighted by Crippen LogP contribution is -2.39. The number of ether oxygens (including phenoxy) is 2. The van der Waals surface area contributed by atoms with E-state index in [1.807, 2.05) is 32.2 Å². The van der Waals surface area contributed by atoms with Crippen molar-refractivity contribution < 1.29 is 9.47 Å². The summed E-state index contributed by atoms with van der Waals surface area (Å²) >= 11 is 0. The zero-order valence-corrected chi connectivity index (χ0v) is 11.7. The van der Waals surface area contributed by atoms with E-state index in [-0.39, 0.29) is 6.10 Å². The molecule has 0 radical (unpaired) electrons. The topological polar surface area (TPSA) is 54.3 Å².